The van der Waals surface area contributed by atoms with E-state index >= 15 is 0 Å². The molecule has 0 fully saturated rings. The van der Waals surface area contributed by atoms with Crippen molar-refractivity contribution in [3.05, 3.63) is 54.1 Å². The van der Waals surface area contributed by atoms with Crippen molar-refractivity contribution >= 4 is 12.0 Å². The smallest absolute Gasteiger partial charge is 0.244 e. The Morgan fingerprint density at radius 1 is 1.43 bits per heavy atom. The molecule has 0 saturated heterocycles. The zero-order chi connectivity index (χ0) is 9.97. The topological polar surface area (TPSA) is 29.1 Å². The molecule has 0 saturated carbocycles. The van der Waals surface area contributed by atoms with E-state index in [0.717, 1.165) is 5.56 Å². The van der Waals surface area contributed by atoms with Crippen LogP contribution in [0.3, 0.4) is 0 Å². The summed E-state index contributed by atoms with van der Waals surface area (Å²) in [5, 5.41) is 2.84. The van der Waals surface area contributed by atoms with E-state index in [0.29, 0.717) is 0 Å². The summed E-state index contributed by atoms with van der Waals surface area (Å²) in [6, 6.07) is 8.01. The molecule has 0 aliphatic heterocycles. The molecule has 1 N–H and O–H groups in total. The first kappa shape index (κ1) is 8.75. The summed E-state index contributed by atoms with van der Waals surface area (Å²) in [6.07, 6.45) is 5.28. The average molecular weight is 185 g/mol. The maximum Gasteiger partial charge on any atom is 0.244 e. The van der Waals surface area contributed by atoms with Crippen molar-refractivity contribution in [2.24, 2.45) is 0 Å². The average Bonchev–Trinajstić information content (AvgIpc) is 2.62. The molecule has 0 bridgehead atoms. The standard InChI is InChI=1S/C12H11NO/c1-2-12(14)13-11-8-7-9-5-3-4-6-10(9)11/h2-8,11H,1H2,(H,13,14). The number of amides is 1. The minimum absolute atomic E-state index is 0.00306. The second-order valence-corrected chi connectivity index (χ2v) is 3.18. The third-order valence-corrected chi connectivity index (χ3v) is 2.28. The normalized spacial score (nSPS) is 17.6. The highest BCUT2D eigenvalue weighted by molar-refractivity contribution is 5.88. The van der Waals surface area contributed by atoms with Crippen molar-refractivity contribution in [2.75, 3.05) is 0 Å². The number of carbonyl (C=O) groups excluding carboxylic acids is 1. The van der Waals surface area contributed by atoms with Crippen molar-refractivity contribution in [3.8, 4) is 0 Å². The van der Waals surface area contributed by atoms with Crippen molar-refractivity contribution in [1.29, 1.82) is 0 Å². The summed E-state index contributed by atoms with van der Waals surface area (Å²) in [5.74, 6) is -0.142. The number of hydrogen-bond acceptors (Lipinski definition) is 1. The summed E-state index contributed by atoms with van der Waals surface area (Å²) >= 11 is 0. The number of nitrogens with one attached hydrogen (secondary N) is 1. The van der Waals surface area contributed by atoms with Crippen molar-refractivity contribution in [2.45, 2.75) is 6.04 Å². The van der Waals surface area contributed by atoms with E-state index < -0.39 is 0 Å². The molecule has 1 atom stereocenters. The van der Waals surface area contributed by atoms with Gasteiger partial charge < -0.3 is 5.32 Å². The van der Waals surface area contributed by atoms with Crippen LogP contribution in [0.2, 0.25) is 0 Å². The molecular formula is C12H11NO. The fourth-order valence-electron chi connectivity index (χ4n) is 1.59. The van der Waals surface area contributed by atoms with Crippen LogP contribution in [-0.4, -0.2) is 5.91 Å². The Bertz CT molecular complexity index is 407. The monoisotopic (exact) mass is 185 g/mol. The second kappa shape index (κ2) is 3.50. The minimum Gasteiger partial charge on any atom is -0.342 e. The van der Waals surface area contributed by atoms with Gasteiger partial charge in [-0.05, 0) is 17.2 Å². The Hall–Kier alpha value is -1.83. The van der Waals surface area contributed by atoms with Gasteiger partial charge >= 0.3 is 0 Å². The summed E-state index contributed by atoms with van der Waals surface area (Å²) in [6.45, 7) is 3.42. The highest BCUT2D eigenvalue weighted by Crippen LogP contribution is 2.27. The first-order valence-electron chi connectivity index (χ1n) is 4.51. The summed E-state index contributed by atoms with van der Waals surface area (Å²) < 4.78 is 0. The Kier molecular flexibility index (Phi) is 2.19. The zero-order valence-corrected chi connectivity index (χ0v) is 7.73. The lowest BCUT2D eigenvalue weighted by Gasteiger charge is -2.11. The van der Waals surface area contributed by atoms with Gasteiger partial charge in [-0.25, -0.2) is 0 Å². The molecule has 70 valence electrons. The van der Waals surface area contributed by atoms with Crippen LogP contribution in [0.5, 0.6) is 0 Å². The molecule has 0 heterocycles. The van der Waals surface area contributed by atoms with E-state index in [-0.39, 0.29) is 11.9 Å². The number of carbonyl (C=O) groups is 1. The van der Waals surface area contributed by atoms with Crippen molar-refractivity contribution in [1.82, 2.24) is 5.32 Å². The van der Waals surface area contributed by atoms with E-state index in [1.807, 2.05) is 36.4 Å². The Labute approximate surface area is 82.9 Å². The molecule has 1 unspecified atom stereocenters. The predicted octanol–water partition coefficient (Wildman–Crippen LogP) is 2.06. The molecule has 0 spiro atoms. The second-order valence-electron chi connectivity index (χ2n) is 3.18. The Balaban J connectivity index is 2.22. The van der Waals surface area contributed by atoms with Crippen LogP contribution in [0.25, 0.3) is 6.08 Å². The molecule has 0 radical (unpaired) electrons. The van der Waals surface area contributed by atoms with Crippen molar-refractivity contribution in [3.63, 3.8) is 0 Å². The largest absolute Gasteiger partial charge is 0.342 e. The SMILES string of the molecule is C=CC(=O)NC1C=Cc2ccccc21. The van der Waals surface area contributed by atoms with E-state index in [2.05, 4.69) is 11.9 Å². The fourth-order valence-corrected chi connectivity index (χ4v) is 1.59. The lowest BCUT2D eigenvalue weighted by molar-refractivity contribution is -0.116. The minimum atomic E-state index is -0.142. The summed E-state index contributed by atoms with van der Waals surface area (Å²) in [7, 11) is 0. The Morgan fingerprint density at radius 2 is 2.21 bits per heavy atom. The number of rotatable bonds is 2. The van der Waals surface area contributed by atoms with E-state index in [1.165, 1.54) is 11.6 Å². The van der Waals surface area contributed by atoms with Gasteiger partial charge in [0.05, 0.1) is 6.04 Å². The quantitative estimate of drug-likeness (QED) is 0.702. The summed E-state index contributed by atoms with van der Waals surface area (Å²) in [5.41, 5.74) is 2.31. The van der Waals surface area contributed by atoms with Gasteiger partial charge in [0.15, 0.2) is 0 Å². The first-order chi connectivity index (χ1) is 6.81. The van der Waals surface area contributed by atoms with Crippen LogP contribution < -0.4 is 5.32 Å². The van der Waals surface area contributed by atoms with Crippen LogP contribution in [0.4, 0.5) is 0 Å². The lowest BCUT2D eigenvalue weighted by Crippen LogP contribution is -2.24. The fraction of sp³-hybridized carbons (Fsp3) is 0.0833. The van der Waals surface area contributed by atoms with Crippen LogP contribution in [0.15, 0.2) is 43.0 Å². The zero-order valence-electron chi connectivity index (χ0n) is 7.73. The van der Waals surface area contributed by atoms with Gasteiger partial charge in [-0.3, -0.25) is 4.79 Å². The van der Waals surface area contributed by atoms with Gasteiger partial charge in [-0.1, -0.05) is 43.0 Å². The van der Waals surface area contributed by atoms with Crippen LogP contribution in [-0.2, 0) is 4.79 Å². The number of fused-ring (bicyclic) bond motifs is 1. The molecular weight excluding hydrogens is 174 g/mol. The van der Waals surface area contributed by atoms with E-state index in [4.69, 9.17) is 0 Å². The van der Waals surface area contributed by atoms with Crippen molar-refractivity contribution < 1.29 is 4.79 Å². The van der Waals surface area contributed by atoms with E-state index in [1.54, 1.807) is 0 Å². The van der Waals surface area contributed by atoms with Gasteiger partial charge in [0.25, 0.3) is 0 Å². The molecule has 1 amide bonds. The van der Waals surface area contributed by atoms with E-state index in [9.17, 15) is 4.79 Å². The number of hydrogen-bond donors (Lipinski definition) is 1. The molecule has 14 heavy (non-hydrogen) atoms. The Morgan fingerprint density at radius 3 is 3.00 bits per heavy atom. The molecule has 2 heteroatoms. The van der Waals surface area contributed by atoms with Gasteiger partial charge in [0.2, 0.25) is 5.91 Å². The van der Waals surface area contributed by atoms with Gasteiger partial charge in [0.1, 0.15) is 0 Å². The third-order valence-electron chi connectivity index (χ3n) is 2.28. The summed E-state index contributed by atoms with van der Waals surface area (Å²) in [4.78, 5) is 11.1. The maximum atomic E-state index is 11.1. The van der Waals surface area contributed by atoms with Gasteiger partial charge in [-0.15, -0.1) is 0 Å². The lowest BCUT2D eigenvalue weighted by atomic mass is 10.1. The third kappa shape index (κ3) is 1.46. The van der Waals surface area contributed by atoms with Crippen LogP contribution in [0.1, 0.15) is 17.2 Å². The molecule has 1 aromatic carbocycles. The highest BCUT2D eigenvalue weighted by Gasteiger charge is 2.16. The molecule has 1 aromatic rings. The molecule has 2 nitrogen and oxygen atoms in total. The van der Waals surface area contributed by atoms with Gasteiger partial charge in [-0.2, -0.15) is 0 Å². The first-order valence-corrected chi connectivity index (χ1v) is 4.51. The van der Waals surface area contributed by atoms with Crippen LogP contribution >= 0.6 is 0 Å². The molecule has 2 rings (SSSR count). The molecule has 1 aliphatic rings. The number of benzene rings is 1. The van der Waals surface area contributed by atoms with Gasteiger partial charge in [0, 0.05) is 0 Å². The maximum absolute atomic E-state index is 11.1. The highest BCUT2D eigenvalue weighted by atomic mass is 16.1. The predicted molar refractivity (Wildman–Crippen MR) is 56.6 cm³/mol. The molecule has 1 aliphatic carbocycles. The molecule has 0 aromatic heterocycles. The van der Waals surface area contributed by atoms with Crippen LogP contribution in [0, 0.1) is 0 Å².